The van der Waals surface area contributed by atoms with Gasteiger partial charge in [0.25, 0.3) is 0 Å². The van der Waals surface area contributed by atoms with Crippen LogP contribution in [0.2, 0.25) is 0 Å². The van der Waals surface area contributed by atoms with E-state index in [2.05, 4.69) is 15.3 Å². The number of nitrogens with zero attached hydrogens (tertiary/aromatic N) is 2. The van der Waals surface area contributed by atoms with Gasteiger partial charge in [0.05, 0.1) is 16.8 Å². The minimum absolute atomic E-state index is 0.403. The molecule has 0 fully saturated rings. The molecule has 0 aliphatic rings. The third-order valence-electron chi connectivity index (χ3n) is 2.90. The van der Waals surface area contributed by atoms with Crippen LogP contribution in [0.25, 0.3) is 10.4 Å². The van der Waals surface area contributed by atoms with Crippen LogP contribution >= 0.6 is 11.3 Å². The van der Waals surface area contributed by atoms with Crippen LogP contribution in [0, 0.1) is 0 Å². The number of hydrogen-bond acceptors (Lipinski definition) is 6. The predicted octanol–water partition coefficient (Wildman–Crippen LogP) is 3.34. The summed E-state index contributed by atoms with van der Waals surface area (Å²) in [6.07, 6.45) is 4.23. The highest BCUT2D eigenvalue weighted by atomic mass is 32.1. The number of anilines is 3. The maximum Gasteiger partial charge on any atom is 0.189 e. The van der Waals surface area contributed by atoms with Gasteiger partial charge in [-0.2, -0.15) is 0 Å². The fourth-order valence-corrected chi connectivity index (χ4v) is 2.90. The number of aromatic nitrogens is 2. The molecule has 2 heterocycles. The SMILES string of the molecule is Nc1nc(Nc2cccnc2)sc1-c1ccccc1C=O. The van der Waals surface area contributed by atoms with Crippen molar-refractivity contribution in [2.45, 2.75) is 0 Å². The Bertz CT molecular complexity index is 770. The first-order chi connectivity index (χ1) is 10.3. The molecule has 6 heteroatoms. The number of nitrogen functional groups attached to an aromatic ring is 1. The molecule has 3 N–H and O–H groups in total. The lowest BCUT2D eigenvalue weighted by molar-refractivity contribution is 0.112. The molecule has 0 aliphatic heterocycles. The van der Waals surface area contributed by atoms with Gasteiger partial charge in [0, 0.05) is 17.3 Å². The Kier molecular flexibility index (Phi) is 3.61. The molecule has 0 aliphatic carbocycles. The number of hydrogen-bond donors (Lipinski definition) is 2. The highest BCUT2D eigenvalue weighted by molar-refractivity contribution is 7.19. The molecule has 1 aromatic carbocycles. The zero-order valence-corrected chi connectivity index (χ0v) is 11.8. The topological polar surface area (TPSA) is 80.9 Å². The van der Waals surface area contributed by atoms with Crippen molar-refractivity contribution in [1.82, 2.24) is 9.97 Å². The van der Waals surface area contributed by atoms with Crippen LogP contribution < -0.4 is 11.1 Å². The second kappa shape index (κ2) is 5.72. The zero-order chi connectivity index (χ0) is 14.7. The van der Waals surface area contributed by atoms with E-state index < -0.39 is 0 Å². The van der Waals surface area contributed by atoms with E-state index in [1.54, 1.807) is 18.5 Å². The van der Waals surface area contributed by atoms with Crippen molar-refractivity contribution in [2.75, 3.05) is 11.1 Å². The van der Waals surface area contributed by atoms with Crippen molar-refractivity contribution in [3.8, 4) is 10.4 Å². The first-order valence-electron chi connectivity index (χ1n) is 6.26. The Balaban J connectivity index is 1.96. The summed E-state index contributed by atoms with van der Waals surface area (Å²) in [7, 11) is 0. The third kappa shape index (κ3) is 2.75. The van der Waals surface area contributed by atoms with Crippen LogP contribution in [0.5, 0.6) is 0 Å². The van der Waals surface area contributed by atoms with E-state index in [9.17, 15) is 4.79 Å². The van der Waals surface area contributed by atoms with Crippen molar-refractivity contribution in [1.29, 1.82) is 0 Å². The zero-order valence-electron chi connectivity index (χ0n) is 11.0. The highest BCUT2D eigenvalue weighted by Crippen LogP contribution is 2.37. The molecule has 2 aromatic heterocycles. The summed E-state index contributed by atoms with van der Waals surface area (Å²) in [5, 5.41) is 3.81. The van der Waals surface area contributed by atoms with Gasteiger partial charge >= 0.3 is 0 Å². The molecule has 5 nitrogen and oxygen atoms in total. The second-order valence-electron chi connectivity index (χ2n) is 4.31. The molecule has 0 radical (unpaired) electrons. The number of carbonyl (C=O) groups excluding carboxylic acids is 1. The van der Waals surface area contributed by atoms with E-state index in [0.29, 0.717) is 16.5 Å². The smallest absolute Gasteiger partial charge is 0.189 e. The summed E-state index contributed by atoms with van der Waals surface area (Å²) in [6.45, 7) is 0. The molecular formula is C15H12N4OS. The Hall–Kier alpha value is -2.73. The first-order valence-corrected chi connectivity index (χ1v) is 7.07. The fourth-order valence-electron chi connectivity index (χ4n) is 1.95. The van der Waals surface area contributed by atoms with E-state index in [1.807, 2.05) is 30.3 Å². The summed E-state index contributed by atoms with van der Waals surface area (Å²) >= 11 is 1.40. The minimum atomic E-state index is 0.403. The van der Waals surface area contributed by atoms with E-state index in [1.165, 1.54) is 11.3 Å². The number of pyridine rings is 1. The van der Waals surface area contributed by atoms with E-state index in [-0.39, 0.29) is 0 Å². The van der Waals surface area contributed by atoms with E-state index >= 15 is 0 Å². The molecule has 0 saturated carbocycles. The molecular weight excluding hydrogens is 284 g/mol. The first kappa shape index (κ1) is 13.3. The summed E-state index contributed by atoms with van der Waals surface area (Å²) in [6, 6.07) is 11.0. The molecule has 0 bridgehead atoms. The number of aldehydes is 1. The van der Waals surface area contributed by atoms with Crippen molar-refractivity contribution in [3.63, 3.8) is 0 Å². The quantitative estimate of drug-likeness (QED) is 0.722. The van der Waals surface area contributed by atoms with Gasteiger partial charge in [-0.1, -0.05) is 35.6 Å². The van der Waals surface area contributed by atoms with Gasteiger partial charge < -0.3 is 11.1 Å². The third-order valence-corrected chi connectivity index (χ3v) is 3.92. The lowest BCUT2D eigenvalue weighted by Crippen LogP contribution is -1.92. The van der Waals surface area contributed by atoms with Gasteiger partial charge in [-0.25, -0.2) is 4.98 Å². The lowest BCUT2D eigenvalue weighted by Gasteiger charge is -2.01. The molecule has 0 atom stereocenters. The lowest BCUT2D eigenvalue weighted by atomic mass is 10.1. The van der Waals surface area contributed by atoms with Crippen LogP contribution in [-0.4, -0.2) is 16.3 Å². The molecule has 0 amide bonds. The Morgan fingerprint density at radius 3 is 2.81 bits per heavy atom. The Labute approximate surface area is 125 Å². The summed E-state index contributed by atoms with van der Waals surface area (Å²) in [5.41, 5.74) is 8.20. The molecule has 104 valence electrons. The average Bonchev–Trinajstić information content (AvgIpc) is 2.88. The Morgan fingerprint density at radius 2 is 2.05 bits per heavy atom. The van der Waals surface area contributed by atoms with Crippen molar-refractivity contribution in [2.24, 2.45) is 0 Å². The number of rotatable bonds is 4. The van der Waals surface area contributed by atoms with Crippen molar-refractivity contribution in [3.05, 3.63) is 54.4 Å². The van der Waals surface area contributed by atoms with Gasteiger partial charge in [-0.15, -0.1) is 0 Å². The standard InChI is InChI=1S/C15H12N4OS/c16-14-13(12-6-2-1-4-10(12)9-20)21-15(19-14)18-11-5-3-7-17-8-11/h1-9H,16H2,(H,18,19). The van der Waals surface area contributed by atoms with Gasteiger partial charge in [0.2, 0.25) is 0 Å². The highest BCUT2D eigenvalue weighted by Gasteiger charge is 2.13. The largest absolute Gasteiger partial charge is 0.382 e. The predicted molar refractivity (Wildman–Crippen MR) is 84.9 cm³/mol. The molecule has 3 rings (SSSR count). The number of thiazole rings is 1. The van der Waals surface area contributed by atoms with Gasteiger partial charge in [0.1, 0.15) is 5.82 Å². The maximum atomic E-state index is 11.1. The van der Waals surface area contributed by atoms with E-state index in [0.717, 1.165) is 22.4 Å². The van der Waals surface area contributed by atoms with Crippen molar-refractivity contribution < 1.29 is 4.79 Å². The number of benzene rings is 1. The van der Waals surface area contributed by atoms with Crippen molar-refractivity contribution >= 4 is 34.3 Å². The van der Waals surface area contributed by atoms with Gasteiger partial charge in [0.15, 0.2) is 11.4 Å². The molecule has 0 spiro atoms. The molecule has 0 saturated heterocycles. The number of nitrogens with one attached hydrogen (secondary N) is 1. The molecule has 0 unspecified atom stereocenters. The van der Waals surface area contributed by atoms with E-state index in [4.69, 9.17) is 5.73 Å². The number of carbonyl (C=O) groups is 1. The fraction of sp³-hybridized carbons (Fsp3) is 0. The van der Waals surface area contributed by atoms with Crippen LogP contribution in [0.1, 0.15) is 10.4 Å². The number of nitrogens with two attached hydrogens (primary N) is 1. The molecule has 3 aromatic rings. The van der Waals surface area contributed by atoms with Gasteiger partial charge in [-0.05, 0) is 12.1 Å². The van der Waals surface area contributed by atoms with Crippen LogP contribution in [0.4, 0.5) is 16.6 Å². The van der Waals surface area contributed by atoms with Crippen LogP contribution in [0.3, 0.4) is 0 Å². The monoisotopic (exact) mass is 296 g/mol. The van der Waals surface area contributed by atoms with Crippen LogP contribution in [0.15, 0.2) is 48.8 Å². The average molecular weight is 296 g/mol. The van der Waals surface area contributed by atoms with Crippen LogP contribution in [-0.2, 0) is 0 Å². The normalized spacial score (nSPS) is 10.3. The maximum absolute atomic E-state index is 11.1. The summed E-state index contributed by atoms with van der Waals surface area (Å²) < 4.78 is 0. The summed E-state index contributed by atoms with van der Waals surface area (Å²) in [5.74, 6) is 0.403. The summed E-state index contributed by atoms with van der Waals surface area (Å²) in [4.78, 5) is 20.2. The Morgan fingerprint density at radius 1 is 1.19 bits per heavy atom. The van der Waals surface area contributed by atoms with Gasteiger partial charge in [-0.3, -0.25) is 9.78 Å². The minimum Gasteiger partial charge on any atom is -0.382 e. The second-order valence-corrected chi connectivity index (χ2v) is 5.30. The molecule has 21 heavy (non-hydrogen) atoms.